The molecule has 0 radical (unpaired) electrons. The number of nitro groups is 1. The van der Waals surface area contributed by atoms with Gasteiger partial charge in [0.15, 0.2) is 0 Å². The standard InChI is InChI=1S/C12H10N2O3/c13-12-10(8-4-2-1-3-5-8)6-9(14(16)17)7-11(12)15/h1-7,15H,13H2. The third-order valence-corrected chi connectivity index (χ3v) is 2.44. The molecular weight excluding hydrogens is 220 g/mol. The number of phenolic OH excluding ortho intramolecular Hbond substituents is 1. The monoisotopic (exact) mass is 230 g/mol. The van der Waals surface area contributed by atoms with E-state index in [0.717, 1.165) is 11.6 Å². The van der Waals surface area contributed by atoms with Crippen LogP contribution in [-0.2, 0) is 0 Å². The van der Waals surface area contributed by atoms with Crippen molar-refractivity contribution in [1.82, 2.24) is 0 Å². The van der Waals surface area contributed by atoms with Crippen molar-refractivity contribution >= 4 is 11.4 Å². The minimum Gasteiger partial charge on any atom is -0.506 e. The summed E-state index contributed by atoms with van der Waals surface area (Å²) >= 11 is 0. The van der Waals surface area contributed by atoms with E-state index in [9.17, 15) is 15.2 Å². The molecule has 0 aliphatic rings. The first kappa shape index (κ1) is 10.9. The molecule has 0 spiro atoms. The molecule has 2 aromatic carbocycles. The van der Waals surface area contributed by atoms with Gasteiger partial charge in [0.25, 0.3) is 5.69 Å². The number of anilines is 1. The van der Waals surface area contributed by atoms with Gasteiger partial charge in [-0.15, -0.1) is 0 Å². The van der Waals surface area contributed by atoms with Crippen LogP contribution in [0.15, 0.2) is 42.5 Å². The lowest BCUT2D eigenvalue weighted by Crippen LogP contribution is -1.94. The lowest BCUT2D eigenvalue weighted by Gasteiger charge is -2.07. The van der Waals surface area contributed by atoms with Gasteiger partial charge in [-0.1, -0.05) is 30.3 Å². The van der Waals surface area contributed by atoms with Gasteiger partial charge in [0.2, 0.25) is 0 Å². The zero-order valence-electron chi connectivity index (χ0n) is 8.83. The molecule has 2 aromatic rings. The predicted octanol–water partition coefficient (Wildman–Crippen LogP) is 2.55. The molecule has 0 aromatic heterocycles. The van der Waals surface area contributed by atoms with Crippen molar-refractivity contribution in [1.29, 1.82) is 0 Å². The largest absolute Gasteiger partial charge is 0.506 e. The van der Waals surface area contributed by atoms with E-state index < -0.39 is 4.92 Å². The zero-order chi connectivity index (χ0) is 12.4. The van der Waals surface area contributed by atoms with Crippen LogP contribution in [0.25, 0.3) is 11.1 Å². The number of nitrogen functional groups attached to an aromatic ring is 1. The van der Waals surface area contributed by atoms with E-state index >= 15 is 0 Å². The van der Waals surface area contributed by atoms with Crippen molar-refractivity contribution in [2.45, 2.75) is 0 Å². The van der Waals surface area contributed by atoms with Crippen molar-refractivity contribution < 1.29 is 10.0 Å². The fraction of sp³-hybridized carbons (Fsp3) is 0. The number of non-ortho nitro benzene ring substituents is 1. The Bertz CT molecular complexity index is 567. The van der Waals surface area contributed by atoms with Gasteiger partial charge in [-0.25, -0.2) is 0 Å². The van der Waals surface area contributed by atoms with Gasteiger partial charge in [0.05, 0.1) is 16.7 Å². The second-order valence-electron chi connectivity index (χ2n) is 3.55. The summed E-state index contributed by atoms with van der Waals surface area (Å²) in [5.74, 6) is -0.280. The van der Waals surface area contributed by atoms with Crippen LogP contribution in [0.2, 0.25) is 0 Å². The van der Waals surface area contributed by atoms with Crippen LogP contribution in [0.1, 0.15) is 0 Å². The van der Waals surface area contributed by atoms with E-state index in [-0.39, 0.29) is 17.1 Å². The number of rotatable bonds is 2. The molecule has 0 aliphatic heterocycles. The molecule has 3 N–H and O–H groups in total. The Kier molecular flexibility index (Phi) is 2.66. The fourth-order valence-corrected chi connectivity index (χ4v) is 1.59. The van der Waals surface area contributed by atoms with Gasteiger partial charge < -0.3 is 10.8 Å². The highest BCUT2D eigenvalue weighted by atomic mass is 16.6. The summed E-state index contributed by atoms with van der Waals surface area (Å²) in [6, 6.07) is 11.4. The van der Waals surface area contributed by atoms with Crippen molar-refractivity contribution in [2.24, 2.45) is 0 Å². The third-order valence-electron chi connectivity index (χ3n) is 2.44. The van der Waals surface area contributed by atoms with Crippen LogP contribution in [0.4, 0.5) is 11.4 Å². The van der Waals surface area contributed by atoms with Gasteiger partial charge in [-0.3, -0.25) is 10.1 Å². The summed E-state index contributed by atoms with van der Waals surface area (Å²) in [7, 11) is 0. The number of aromatic hydroxyl groups is 1. The molecular formula is C12H10N2O3. The summed E-state index contributed by atoms with van der Waals surface area (Å²) in [5, 5.41) is 20.3. The number of nitro benzene ring substituents is 1. The highest BCUT2D eigenvalue weighted by Crippen LogP contribution is 2.36. The number of hydrogen-bond acceptors (Lipinski definition) is 4. The van der Waals surface area contributed by atoms with E-state index in [1.165, 1.54) is 6.07 Å². The molecule has 0 bridgehead atoms. The molecule has 0 saturated heterocycles. The molecule has 0 atom stereocenters. The first-order valence-corrected chi connectivity index (χ1v) is 4.92. The highest BCUT2D eigenvalue weighted by molar-refractivity contribution is 5.82. The second kappa shape index (κ2) is 4.13. The van der Waals surface area contributed by atoms with Crippen LogP contribution in [-0.4, -0.2) is 10.0 Å². The Labute approximate surface area is 97.3 Å². The van der Waals surface area contributed by atoms with Crippen LogP contribution in [0, 0.1) is 10.1 Å². The molecule has 0 amide bonds. The minimum absolute atomic E-state index is 0.141. The lowest BCUT2D eigenvalue weighted by atomic mass is 10.0. The number of nitrogens with zero attached hydrogens (tertiary/aromatic N) is 1. The average Bonchev–Trinajstić information content (AvgIpc) is 2.33. The summed E-state index contributed by atoms with van der Waals surface area (Å²) in [4.78, 5) is 10.1. The Morgan fingerprint density at radius 1 is 1.18 bits per heavy atom. The molecule has 17 heavy (non-hydrogen) atoms. The van der Waals surface area contributed by atoms with Gasteiger partial charge in [-0.05, 0) is 5.56 Å². The molecule has 0 heterocycles. The number of nitrogens with two attached hydrogens (primary N) is 1. The molecule has 5 heteroatoms. The molecule has 0 saturated carbocycles. The van der Waals surface area contributed by atoms with E-state index in [4.69, 9.17) is 5.73 Å². The summed E-state index contributed by atoms with van der Waals surface area (Å²) in [6.45, 7) is 0. The second-order valence-corrected chi connectivity index (χ2v) is 3.55. The molecule has 2 rings (SSSR count). The molecule has 86 valence electrons. The first-order valence-electron chi connectivity index (χ1n) is 4.92. The zero-order valence-corrected chi connectivity index (χ0v) is 8.83. The summed E-state index contributed by atoms with van der Waals surface area (Å²) in [6.07, 6.45) is 0. The van der Waals surface area contributed by atoms with Crippen molar-refractivity contribution in [3.63, 3.8) is 0 Å². The maximum atomic E-state index is 10.7. The summed E-state index contributed by atoms with van der Waals surface area (Å²) < 4.78 is 0. The highest BCUT2D eigenvalue weighted by Gasteiger charge is 2.15. The van der Waals surface area contributed by atoms with Crippen molar-refractivity contribution in [3.05, 3.63) is 52.6 Å². The van der Waals surface area contributed by atoms with Crippen LogP contribution < -0.4 is 5.73 Å². The van der Waals surface area contributed by atoms with Gasteiger partial charge in [-0.2, -0.15) is 0 Å². The SMILES string of the molecule is Nc1c(O)cc([N+](=O)[O-])cc1-c1ccccc1. The van der Waals surface area contributed by atoms with Crippen molar-refractivity contribution in [3.8, 4) is 16.9 Å². The van der Waals surface area contributed by atoms with E-state index in [1.807, 2.05) is 6.07 Å². The predicted molar refractivity (Wildman–Crippen MR) is 64.6 cm³/mol. The van der Waals surface area contributed by atoms with E-state index in [2.05, 4.69) is 0 Å². The first-order chi connectivity index (χ1) is 8.09. The Hall–Kier alpha value is -2.56. The fourth-order valence-electron chi connectivity index (χ4n) is 1.59. The van der Waals surface area contributed by atoms with Crippen molar-refractivity contribution in [2.75, 3.05) is 5.73 Å². The van der Waals surface area contributed by atoms with Crippen LogP contribution >= 0.6 is 0 Å². The number of phenols is 1. The van der Waals surface area contributed by atoms with E-state index in [0.29, 0.717) is 5.56 Å². The topological polar surface area (TPSA) is 89.4 Å². The molecule has 0 aliphatic carbocycles. The lowest BCUT2D eigenvalue weighted by molar-refractivity contribution is -0.384. The quantitative estimate of drug-likeness (QED) is 0.359. The molecule has 0 fully saturated rings. The minimum atomic E-state index is -0.564. The smallest absolute Gasteiger partial charge is 0.273 e. The third kappa shape index (κ3) is 2.03. The van der Waals surface area contributed by atoms with E-state index in [1.54, 1.807) is 24.3 Å². The normalized spacial score (nSPS) is 10.1. The molecule has 5 nitrogen and oxygen atoms in total. The molecule has 0 unspecified atom stereocenters. The Morgan fingerprint density at radius 2 is 1.82 bits per heavy atom. The maximum Gasteiger partial charge on any atom is 0.273 e. The Morgan fingerprint density at radius 3 is 2.41 bits per heavy atom. The van der Waals surface area contributed by atoms with Crippen LogP contribution in [0.3, 0.4) is 0 Å². The van der Waals surface area contributed by atoms with Gasteiger partial charge in [0.1, 0.15) is 5.75 Å². The van der Waals surface area contributed by atoms with Crippen LogP contribution in [0.5, 0.6) is 5.75 Å². The number of benzene rings is 2. The average molecular weight is 230 g/mol. The Balaban J connectivity index is 2.65. The van der Waals surface area contributed by atoms with Gasteiger partial charge >= 0.3 is 0 Å². The maximum absolute atomic E-state index is 10.7. The summed E-state index contributed by atoms with van der Waals surface area (Å²) in [5.41, 5.74) is 6.85. The van der Waals surface area contributed by atoms with Gasteiger partial charge in [0, 0.05) is 11.6 Å². The number of hydrogen-bond donors (Lipinski definition) is 2.